The molecule has 0 unspecified atom stereocenters. The van der Waals surface area contributed by atoms with Gasteiger partial charge in [0.15, 0.2) is 0 Å². The molecule has 26 heteroatoms. The van der Waals surface area contributed by atoms with Gasteiger partial charge in [0.1, 0.15) is 0 Å². The molecule has 0 aliphatic heterocycles. The Kier molecular flexibility index (Phi) is 9.95. The van der Waals surface area contributed by atoms with Crippen molar-refractivity contribution in [2.45, 2.75) is 0 Å². The summed E-state index contributed by atoms with van der Waals surface area (Å²) in [5, 5.41) is 0. The van der Waals surface area contributed by atoms with Crippen LogP contribution in [-0.4, -0.2) is 12.5 Å². The van der Waals surface area contributed by atoms with Crippen molar-refractivity contribution >= 4 is 34.2 Å². The Morgan fingerprint density at radius 1 is 0.125 bits per heavy atom. The molecule has 0 bridgehead atoms. The quantitative estimate of drug-likeness (QED) is 0.0748. The second-order valence-electron chi connectivity index (χ2n) is 10.7. The van der Waals surface area contributed by atoms with Crippen molar-refractivity contribution in [2.24, 2.45) is 0 Å². The summed E-state index contributed by atoms with van der Waals surface area (Å²) in [6.45, 7) is 0. The zero-order chi connectivity index (χ0) is 42.8. The summed E-state index contributed by atoms with van der Waals surface area (Å²) in [5.74, 6) is -103. The van der Waals surface area contributed by atoms with Crippen LogP contribution in [0.3, 0.4) is 0 Å². The van der Waals surface area contributed by atoms with Gasteiger partial charge in [-0.25, -0.2) is 0 Å². The van der Waals surface area contributed by atoms with E-state index in [1.807, 2.05) is 0 Å². The molecule has 0 amide bonds. The molecule has 0 saturated heterocycles. The SMILES string of the molecule is Fc1c(F)c(F)c([As](c2c(F)c(F)c(F)c(F)c2F)(c2c(F)c(F)c(F)c(F)c2F)(c2c(F)c(F)c(F)c(F)c2F)c2c(F)c(F)c(F)c(F)c2F)c(F)c1F. The Morgan fingerprint density at radius 3 is 0.286 bits per heavy atom. The number of rotatable bonds is 5. The van der Waals surface area contributed by atoms with Crippen LogP contribution in [-0.2, 0) is 0 Å². The summed E-state index contributed by atoms with van der Waals surface area (Å²) in [5.41, 5.74) is 0. The van der Waals surface area contributed by atoms with Crippen molar-refractivity contribution in [3.63, 3.8) is 0 Å². The Bertz CT molecular complexity index is 2050. The van der Waals surface area contributed by atoms with Gasteiger partial charge in [0, 0.05) is 0 Å². The van der Waals surface area contributed by atoms with Crippen LogP contribution in [0, 0.1) is 145 Å². The summed E-state index contributed by atoms with van der Waals surface area (Å²) in [6, 6.07) is 0. The van der Waals surface area contributed by atoms with E-state index < -0.39 is 180 Å². The minimum absolute atomic E-state index is 3.74. The van der Waals surface area contributed by atoms with Crippen LogP contribution in [0.15, 0.2) is 0 Å². The number of halogens is 25. The minimum atomic E-state index is -12.2. The van der Waals surface area contributed by atoms with Gasteiger partial charge in [-0.3, -0.25) is 0 Å². The second-order valence-corrected chi connectivity index (χ2v) is 20.1. The van der Waals surface area contributed by atoms with Gasteiger partial charge in [-0.1, -0.05) is 0 Å². The van der Waals surface area contributed by atoms with E-state index in [1.54, 1.807) is 0 Å². The van der Waals surface area contributed by atoms with Crippen LogP contribution >= 0.6 is 0 Å². The van der Waals surface area contributed by atoms with Crippen LogP contribution in [0.2, 0.25) is 0 Å². The maximum atomic E-state index is 16.4. The average molecular weight is 910 g/mol. The molecule has 56 heavy (non-hydrogen) atoms. The fraction of sp³-hybridized carbons (Fsp3) is 0. The summed E-state index contributed by atoms with van der Waals surface area (Å²) in [7, 11) is 0. The molecule has 0 N–H and O–H groups in total. The van der Waals surface area contributed by atoms with E-state index in [0.29, 0.717) is 0 Å². The molecule has 5 aromatic rings. The van der Waals surface area contributed by atoms with Crippen LogP contribution in [0.4, 0.5) is 110 Å². The van der Waals surface area contributed by atoms with Crippen molar-refractivity contribution < 1.29 is 110 Å². The Balaban J connectivity index is 2.71. The van der Waals surface area contributed by atoms with E-state index in [9.17, 15) is 22.0 Å². The predicted octanol–water partition coefficient (Wildman–Crippen LogP) is 7.40. The standard InChI is InChI=1S/C30AsF25/c32-6-1(7(33)17(43)26(52)16(6)42)31(2-8(34)18(44)27(53)19(45)9(2)35,3-10(36)20(46)28(54)21(47)11(3)37,4-12(38)22(48)29(55)23(49)13(4)39)5-14(40)24(50)30(56)25(51)15(5)41. The normalized spacial score (nSPS) is 12.8. The molecule has 0 atom stereocenters. The van der Waals surface area contributed by atoms with Gasteiger partial charge in [0.25, 0.3) is 0 Å². The number of hydrogen-bond acceptors (Lipinski definition) is 0. The van der Waals surface area contributed by atoms with E-state index in [-0.39, 0.29) is 0 Å². The van der Waals surface area contributed by atoms with Gasteiger partial charge < -0.3 is 0 Å². The van der Waals surface area contributed by atoms with Crippen LogP contribution < -0.4 is 21.8 Å². The van der Waals surface area contributed by atoms with E-state index in [2.05, 4.69) is 0 Å². The molecule has 0 aliphatic carbocycles. The molecule has 0 radical (unpaired) electrons. The van der Waals surface area contributed by atoms with Gasteiger partial charge in [-0.05, 0) is 0 Å². The zero-order valence-corrected chi connectivity index (χ0v) is 26.8. The number of hydrogen-bond donors (Lipinski definition) is 0. The molecule has 0 aliphatic rings. The number of benzene rings is 5. The Labute approximate surface area is 289 Å². The molecule has 5 aromatic carbocycles. The average Bonchev–Trinajstić information content (AvgIpc) is 3.16. The van der Waals surface area contributed by atoms with Crippen molar-refractivity contribution in [1.82, 2.24) is 0 Å². The van der Waals surface area contributed by atoms with Gasteiger partial charge in [-0.15, -0.1) is 0 Å². The van der Waals surface area contributed by atoms with Gasteiger partial charge in [0.05, 0.1) is 0 Å². The fourth-order valence-electron chi connectivity index (χ4n) is 6.05. The third kappa shape index (κ3) is 4.68. The van der Waals surface area contributed by atoms with E-state index >= 15 is 87.8 Å². The summed E-state index contributed by atoms with van der Waals surface area (Å²) in [4.78, 5) is 0. The van der Waals surface area contributed by atoms with Crippen LogP contribution in [0.25, 0.3) is 0 Å². The van der Waals surface area contributed by atoms with Crippen LogP contribution in [0.5, 0.6) is 0 Å². The molecule has 0 nitrogen and oxygen atoms in total. The first-order chi connectivity index (χ1) is 25.7. The molecular weight excluding hydrogens is 910 g/mol. The van der Waals surface area contributed by atoms with Crippen molar-refractivity contribution in [3.8, 4) is 0 Å². The predicted molar refractivity (Wildman–Crippen MR) is 135 cm³/mol. The van der Waals surface area contributed by atoms with Crippen LogP contribution in [0.1, 0.15) is 0 Å². The molecule has 0 heterocycles. The van der Waals surface area contributed by atoms with E-state index in [4.69, 9.17) is 0 Å². The summed E-state index contributed by atoms with van der Waals surface area (Å²) < 4.78 is 365. The Hall–Kier alpha value is -5.09. The molecule has 0 fully saturated rings. The topological polar surface area (TPSA) is 0 Å². The van der Waals surface area contributed by atoms with Gasteiger partial charge >= 0.3 is 289 Å². The maximum absolute atomic E-state index is 16.4. The molecule has 0 saturated carbocycles. The molecule has 0 aromatic heterocycles. The molecular formula is C30AsF25. The summed E-state index contributed by atoms with van der Waals surface area (Å²) >= 11 is -12.2. The first-order valence-corrected chi connectivity index (χ1v) is 18.0. The van der Waals surface area contributed by atoms with Crippen molar-refractivity contribution in [3.05, 3.63) is 145 Å². The molecule has 5 rings (SSSR count). The molecule has 0 spiro atoms. The second kappa shape index (κ2) is 13.3. The van der Waals surface area contributed by atoms with Crippen molar-refractivity contribution in [1.29, 1.82) is 0 Å². The van der Waals surface area contributed by atoms with Gasteiger partial charge in [-0.2, -0.15) is 0 Å². The fourth-order valence-corrected chi connectivity index (χ4v) is 21.0. The molecule has 300 valence electrons. The first kappa shape index (κ1) is 42.1. The zero-order valence-electron chi connectivity index (χ0n) is 24.9. The van der Waals surface area contributed by atoms with E-state index in [1.165, 1.54) is 0 Å². The van der Waals surface area contributed by atoms with Gasteiger partial charge in [0.2, 0.25) is 0 Å². The Morgan fingerprint density at radius 2 is 0.196 bits per heavy atom. The first-order valence-electron chi connectivity index (χ1n) is 13.3. The monoisotopic (exact) mass is 910 g/mol. The van der Waals surface area contributed by atoms with E-state index in [0.717, 1.165) is 0 Å². The summed E-state index contributed by atoms with van der Waals surface area (Å²) in [6.07, 6.45) is 0. The third-order valence-electron chi connectivity index (χ3n) is 8.17. The van der Waals surface area contributed by atoms with Crippen molar-refractivity contribution in [2.75, 3.05) is 0 Å². The third-order valence-corrected chi connectivity index (χ3v) is 21.7.